The monoisotopic (exact) mass is 223 g/mol. The van der Waals surface area contributed by atoms with Gasteiger partial charge in [-0.1, -0.05) is 32.3 Å². The smallest absolute Gasteiger partial charge is 0.00417 e. The molecule has 1 nitrogen and oxygen atoms in total. The average molecular weight is 223 g/mol. The molecule has 0 bridgehead atoms. The molecule has 16 heavy (non-hydrogen) atoms. The van der Waals surface area contributed by atoms with E-state index in [0.717, 1.165) is 18.3 Å². The number of rotatable bonds is 7. The molecule has 0 saturated heterocycles. The van der Waals surface area contributed by atoms with Crippen LogP contribution in [0.5, 0.6) is 0 Å². The summed E-state index contributed by atoms with van der Waals surface area (Å²) in [6.45, 7) is 9.63. The van der Waals surface area contributed by atoms with Crippen LogP contribution in [0.4, 0.5) is 0 Å². The first-order chi connectivity index (χ1) is 7.76. The second-order valence-electron chi connectivity index (χ2n) is 5.47. The molecule has 1 aliphatic rings. The van der Waals surface area contributed by atoms with Crippen LogP contribution in [0.1, 0.15) is 58.8 Å². The van der Waals surface area contributed by atoms with Gasteiger partial charge in [0.05, 0.1) is 0 Å². The molecule has 0 amide bonds. The number of allylic oxidation sites excluding steroid dienone is 1. The molecule has 0 aliphatic heterocycles. The summed E-state index contributed by atoms with van der Waals surface area (Å²) in [5.41, 5.74) is 0. The molecule has 1 unspecified atom stereocenters. The maximum absolute atomic E-state index is 3.77. The molecular formula is C15H29N. The zero-order chi connectivity index (χ0) is 11.8. The molecule has 1 fully saturated rings. The molecule has 1 saturated carbocycles. The van der Waals surface area contributed by atoms with Gasteiger partial charge in [0.1, 0.15) is 0 Å². The quantitative estimate of drug-likeness (QED) is 0.639. The van der Waals surface area contributed by atoms with E-state index in [1.807, 2.05) is 6.08 Å². The lowest BCUT2D eigenvalue weighted by Crippen LogP contribution is -2.32. The van der Waals surface area contributed by atoms with Gasteiger partial charge < -0.3 is 5.32 Å². The van der Waals surface area contributed by atoms with Crippen molar-refractivity contribution in [1.29, 1.82) is 0 Å². The predicted octanol–water partition coefficient (Wildman–Crippen LogP) is 4.15. The Balaban J connectivity index is 2.07. The van der Waals surface area contributed by atoms with Crippen molar-refractivity contribution in [3.63, 3.8) is 0 Å². The number of hydrogen-bond donors (Lipinski definition) is 1. The average Bonchev–Trinajstić information content (AvgIpc) is 2.34. The second-order valence-corrected chi connectivity index (χ2v) is 5.47. The van der Waals surface area contributed by atoms with Gasteiger partial charge in [-0.25, -0.2) is 0 Å². The van der Waals surface area contributed by atoms with Crippen LogP contribution < -0.4 is 5.32 Å². The van der Waals surface area contributed by atoms with E-state index < -0.39 is 0 Å². The van der Waals surface area contributed by atoms with E-state index in [4.69, 9.17) is 0 Å². The molecule has 0 aromatic heterocycles. The third-order valence-electron chi connectivity index (χ3n) is 4.10. The molecule has 1 atom stereocenters. The minimum Gasteiger partial charge on any atom is -0.314 e. The number of hydrogen-bond acceptors (Lipinski definition) is 1. The van der Waals surface area contributed by atoms with Crippen LogP contribution in [0.15, 0.2) is 12.7 Å². The Morgan fingerprint density at radius 2 is 1.88 bits per heavy atom. The van der Waals surface area contributed by atoms with Gasteiger partial charge in [-0.15, -0.1) is 6.58 Å². The van der Waals surface area contributed by atoms with E-state index >= 15 is 0 Å². The molecule has 94 valence electrons. The molecule has 0 aromatic rings. The first kappa shape index (κ1) is 13.8. The van der Waals surface area contributed by atoms with Gasteiger partial charge >= 0.3 is 0 Å². The fourth-order valence-electron chi connectivity index (χ4n) is 2.68. The van der Waals surface area contributed by atoms with Crippen molar-refractivity contribution >= 4 is 0 Å². The summed E-state index contributed by atoms with van der Waals surface area (Å²) >= 11 is 0. The second kappa shape index (κ2) is 7.89. The first-order valence-electron chi connectivity index (χ1n) is 7.10. The fraction of sp³-hybridized carbons (Fsp3) is 0.867. The van der Waals surface area contributed by atoms with E-state index in [1.165, 1.54) is 45.1 Å². The zero-order valence-corrected chi connectivity index (χ0v) is 11.2. The Bertz CT molecular complexity index is 180. The molecule has 0 radical (unpaired) electrons. The summed E-state index contributed by atoms with van der Waals surface area (Å²) in [6, 6.07) is 0.655. The van der Waals surface area contributed by atoms with Gasteiger partial charge in [-0.2, -0.15) is 0 Å². The highest BCUT2D eigenvalue weighted by atomic mass is 14.9. The third kappa shape index (κ3) is 5.16. The standard InChI is InChI=1S/C15H29N/c1-4-6-7-13(3)16-12-15-10-8-14(5-2)9-11-15/h4,13-16H,1,5-12H2,2-3H3. The summed E-state index contributed by atoms with van der Waals surface area (Å²) < 4.78 is 0. The minimum atomic E-state index is 0.655. The molecule has 1 aliphatic carbocycles. The van der Waals surface area contributed by atoms with Crippen molar-refractivity contribution in [2.75, 3.05) is 6.54 Å². The topological polar surface area (TPSA) is 12.0 Å². The van der Waals surface area contributed by atoms with E-state index in [-0.39, 0.29) is 0 Å². The van der Waals surface area contributed by atoms with Crippen LogP contribution in [0.2, 0.25) is 0 Å². The lowest BCUT2D eigenvalue weighted by atomic mass is 9.81. The van der Waals surface area contributed by atoms with Crippen molar-refractivity contribution < 1.29 is 0 Å². The van der Waals surface area contributed by atoms with Crippen LogP contribution in [0.25, 0.3) is 0 Å². The van der Waals surface area contributed by atoms with Crippen molar-refractivity contribution in [2.45, 2.75) is 64.8 Å². The van der Waals surface area contributed by atoms with E-state index in [1.54, 1.807) is 0 Å². The minimum absolute atomic E-state index is 0.655. The predicted molar refractivity (Wildman–Crippen MR) is 72.6 cm³/mol. The summed E-state index contributed by atoms with van der Waals surface area (Å²) in [5.74, 6) is 1.96. The lowest BCUT2D eigenvalue weighted by molar-refractivity contribution is 0.257. The van der Waals surface area contributed by atoms with Crippen LogP contribution >= 0.6 is 0 Å². The molecule has 1 rings (SSSR count). The molecular weight excluding hydrogens is 194 g/mol. The Hall–Kier alpha value is -0.300. The Morgan fingerprint density at radius 1 is 1.25 bits per heavy atom. The normalized spacial score (nSPS) is 27.6. The van der Waals surface area contributed by atoms with Gasteiger partial charge in [0, 0.05) is 6.04 Å². The van der Waals surface area contributed by atoms with Crippen molar-refractivity contribution in [1.82, 2.24) is 5.32 Å². The summed E-state index contributed by atoms with van der Waals surface area (Å²) in [5, 5.41) is 3.67. The highest BCUT2D eigenvalue weighted by Gasteiger charge is 2.19. The van der Waals surface area contributed by atoms with E-state index in [2.05, 4.69) is 25.7 Å². The van der Waals surface area contributed by atoms with Crippen molar-refractivity contribution in [3.05, 3.63) is 12.7 Å². The summed E-state index contributed by atoms with van der Waals surface area (Å²) in [6.07, 6.45) is 11.6. The van der Waals surface area contributed by atoms with Gasteiger partial charge in [-0.05, 0) is 51.0 Å². The van der Waals surface area contributed by atoms with Gasteiger partial charge in [0.15, 0.2) is 0 Å². The largest absolute Gasteiger partial charge is 0.314 e. The Labute approximate surface area is 102 Å². The molecule has 0 spiro atoms. The summed E-state index contributed by atoms with van der Waals surface area (Å²) in [7, 11) is 0. The zero-order valence-electron chi connectivity index (χ0n) is 11.2. The van der Waals surface area contributed by atoms with Crippen LogP contribution in [-0.2, 0) is 0 Å². The maximum atomic E-state index is 3.77. The lowest BCUT2D eigenvalue weighted by Gasteiger charge is -2.29. The SMILES string of the molecule is C=CCCC(C)NCC1CCC(CC)CC1. The van der Waals surface area contributed by atoms with E-state index in [0.29, 0.717) is 6.04 Å². The Morgan fingerprint density at radius 3 is 2.44 bits per heavy atom. The third-order valence-corrected chi connectivity index (χ3v) is 4.10. The number of nitrogens with one attached hydrogen (secondary N) is 1. The van der Waals surface area contributed by atoms with E-state index in [9.17, 15) is 0 Å². The molecule has 1 heteroatoms. The van der Waals surface area contributed by atoms with Crippen LogP contribution in [0, 0.1) is 11.8 Å². The molecule has 0 heterocycles. The van der Waals surface area contributed by atoms with Gasteiger partial charge in [-0.3, -0.25) is 0 Å². The van der Waals surface area contributed by atoms with Crippen molar-refractivity contribution in [2.24, 2.45) is 11.8 Å². The highest BCUT2D eigenvalue weighted by Crippen LogP contribution is 2.30. The van der Waals surface area contributed by atoms with Gasteiger partial charge in [0.25, 0.3) is 0 Å². The maximum Gasteiger partial charge on any atom is 0.00417 e. The Kier molecular flexibility index (Phi) is 6.79. The fourth-order valence-corrected chi connectivity index (χ4v) is 2.68. The van der Waals surface area contributed by atoms with Crippen LogP contribution in [-0.4, -0.2) is 12.6 Å². The first-order valence-corrected chi connectivity index (χ1v) is 7.10. The summed E-state index contributed by atoms with van der Waals surface area (Å²) in [4.78, 5) is 0. The van der Waals surface area contributed by atoms with Gasteiger partial charge in [0.2, 0.25) is 0 Å². The van der Waals surface area contributed by atoms with Crippen molar-refractivity contribution in [3.8, 4) is 0 Å². The molecule has 0 aromatic carbocycles. The van der Waals surface area contributed by atoms with Crippen LogP contribution in [0.3, 0.4) is 0 Å². The highest BCUT2D eigenvalue weighted by molar-refractivity contribution is 4.76. The molecule has 1 N–H and O–H groups in total.